The van der Waals surface area contributed by atoms with Crippen molar-refractivity contribution in [2.45, 2.75) is 3.79 Å². The molecule has 0 aromatic heterocycles. The molecule has 10 heavy (non-hydrogen) atoms. The van der Waals surface area contributed by atoms with Crippen molar-refractivity contribution in [1.29, 1.82) is 0 Å². The van der Waals surface area contributed by atoms with Crippen LogP contribution in [0.1, 0.15) is 0 Å². The predicted molar refractivity (Wildman–Crippen MR) is 38.3 cm³/mol. The maximum Gasteiger partial charge on any atom is 0.331 e. The van der Waals surface area contributed by atoms with Gasteiger partial charge in [-0.15, -0.1) is 0 Å². The quantitative estimate of drug-likeness (QED) is 0.540. The molecule has 60 valence electrons. The van der Waals surface area contributed by atoms with Crippen LogP contribution < -0.4 is 0 Å². The largest absolute Gasteiger partial charge is 0.459 e. The number of hydrogen-bond acceptors (Lipinski definition) is 3. The lowest BCUT2D eigenvalue weighted by Gasteiger charge is -2.09. The van der Waals surface area contributed by atoms with Gasteiger partial charge in [0.1, 0.15) is 13.2 Å². The average Bonchev–Trinajstić information content (AvgIpc) is 1.81. The molecule has 0 saturated heterocycles. The van der Waals surface area contributed by atoms with Gasteiger partial charge < -0.3 is 9.84 Å². The van der Waals surface area contributed by atoms with Crippen molar-refractivity contribution in [2.75, 3.05) is 13.2 Å². The van der Waals surface area contributed by atoms with Gasteiger partial charge in [0.15, 0.2) is 0 Å². The van der Waals surface area contributed by atoms with Gasteiger partial charge in [0.2, 0.25) is 3.79 Å². The molecule has 3 nitrogen and oxygen atoms in total. The number of carbonyl (C=O) groups excluding carboxylic acids is 1. The molecular formula is C4H5Cl3O3. The molecule has 0 rings (SSSR count). The van der Waals surface area contributed by atoms with Crippen molar-refractivity contribution in [3.05, 3.63) is 0 Å². The first-order chi connectivity index (χ1) is 4.45. The minimum atomic E-state index is -1.61. The van der Waals surface area contributed by atoms with Gasteiger partial charge in [0, 0.05) is 0 Å². The number of rotatable bonds is 2. The lowest BCUT2D eigenvalue weighted by Crippen LogP contribution is -2.18. The van der Waals surface area contributed by atoms with E-state index in [9.17, 15) is 4.79 Å². The highest BCUT2D eigenvalue weighted by Gasteiger charge is 2.21. The summed E-state index contributed by atoms with van der Waals surface area (Å²) >= 11 is 15.6. The monoisotopic (exact) mass is 206 g/mol. The van der Waals surface area contributed by atoms with E-state index in [-0.39, 0.29) is 6.61 Å². The summed E-state index contributed by atoms with van der Waals surface area (Å²) in [5.41, 5.74) is 0. The van der Waals surface area contributed by atoms with Gasteiger partial charge in [0.05, 0.1) is 0 Å². The summed E-state index contributed by atoms with van der Waals surface area (Å²) in [4.78, 5) is 10.2. The SMILES string of the molecule is O=C(CO)OCC(Cl)(Cl)Cl. The molecule has 0 bridgehead atoms. The second kappa shape index (κ2) is 4.23. The first-order valence-corrected chi connectivity index (χ1v) is 3.42. The Morgan fingerprint density at radius 2 is 2.00 bits per heavy atom. The van der Waals surface area contributed by atoms with E-state index in [1.165, 1.54) is 0 Å². The zero-order valence-electron chi connectivity index (χ0n) is 4.81. The topological polar surface area (TPSA) is 46.5 Å². The van der Waals surface area contributed by atoms with E-state index in [4.69, 9.17) is 39.9 Å². The third kappa shape index (κ3) is 6.42. The Balaban J connectivity index is 3.46. The van der Waals surface area contributed by atoms with Crippen LogP contribution in [0.5, 0.6) is 0 Å². The molecule has 1 N–H and O–H groups in total. The van der Waals surface area contributed by atoms with Gasteiger partial charge >= 0.3 is 5.97 Å². The molecule has 0 amide bonds. The number of ether oxygens (including phenoxy) is 1. The normalized spacial score (nSPS) is 11.2. The van der Waals surface area contributed by atoms with Crippen LogP contribution in [0.4, 0.5) is 0 Å². The zero-order valence-corrected chi connectivity index (χ0v) is 7.08. The average molecular weight is 207 g/mol. The fraction of sp³-hybridized carbons (Fsp3) is 0.750. The number of aliphatic hydroxyl groups is 1. The molecule has 0 aromatic rings. The molecule has 0 fully saturated rings. The first kappa shape index (κ1) is 10.3. The van der Waals surface area contributed by atoms with E-state index in [1.807, 2.05) is 0 Å². The van der Waals surface area contributed by atoms with E-state index in [0.29, 0.717) is 0 Å². The highest BCUT2D eigenvalue weighted by Crippen LogP contribution is 2.25. The van der Waals surface area contributed by atoms with Crippen molar-refractivity contribution in [1.82, 2.24) is 0 Å². The van der Waals surface area contributed by atoms with Crippen molar-refractivity contribution in [3.8, 4) is 0 Å². The Kier molecular flexibility index (Phi) is 4.36. The van der Waals surface area contributed by atoms with E-state index in [1.54, 1.807) is 0 Å². The Bertz CT molecular complexity index is 119. The second-order valence-corrected chi connectivity index (χ2v) is 3.95. The Morgan fingerprint density at radius 3 is 2.30 bits per heavy atom. The van der Waals surface area contributed by atoms with Crippen molar-refractivity contribution < 1.29 is 14.6 Å². The Labute approximate surface area is 72.8 Å². The Hall–Kier alpha value is 0.300. The summed E-state index contributed by atoms with van der Waals surface area (Å²) in [5, 5.41) is 8.13. The van der Waals surface area contributed by atoms with Gasteiger partial charge in [-0.1, -0.05) is 34.8 Å². The summed E-state index contributed by atoms with van der Waals surface area (Å²) in [6.45, 7) is -1.06. The van der Waals surface area contributed by atoms with Crippen molar-refractivity contribution >= 4 is 40.8 Å². The van der Waals surface area contributed by atoms with Crippen LogP contribution in [-0.2, 0) is 9.53 Å². The number of hydrogen-bond donors (Lipinski definition) is 1. The molecule has 0 aliphatic carbocycles. The molecule has 6 heteroatoms. The summed E-state index contributed by atoms with van der Waals surface area (Å²) in [6.07, 6.45) is 0. The molecule has 0 heterocycles. The summed E-state index contributed by atoms with van der Waals surface area (Å²) < 4.78 is 2.66. The fourth-order valence-corrected chi connectivity index (χ4v) is 0.372. The summed E-state index contributed by atoms with van der Waals surface area (Å²) in [6, 6.07) is 0. The van der Waals surface area contributed by atoms with E-state index < -0.39 is 16.4 Å². The highest BCUT2D eigenvalue weighted by molar-refractivity contribution is 6.67. The van der Waals surface area contributed by atoms with Crippen LogP contribution in [0.15, 0.2) is 0 Å². The number of carbonyl (C=O) groups is 1. The van der Waals surface area contributed by atoms with Gasteiger partial charge in [-0.05, 0) is 0 Å². The lowest BCUT2D eigenvalue weighted by atomic mass is 10.7. The molecule has 0 saturated carbocycles. The molecule has 0 radical (unpaired) electrons. The molecule has 0 aliphatic rings. The minimum absolute atomic E-state index is 0.350. The fourth-order valence-electron chi connectivity index (χ4n) is 0.208. The maximum atomic E-state index is 10.2. The maximum absolute atomic E-state index is 10.2. The zero-order chi connectivity index (χ0) is 8.20. The van der Waals surface area contributed by atoms with Crippen LogP contribution in [0.3, 0.4) is 0 Å². The van der Waals surface area contributed by atoms with Crippen LogP contribution >= 0.6 is 34.8 Å². The third-order valence-corrected chi connectivity index (χ3v) is 0.853. The van der Waals surface area contributed by atoms with Gasteiger partial charge in [-0.3, -0.25) is 0 Å². The predicted octanol–water partition coefficient (Wildman–Crippen LogP) is 0.892. The van der Waals surface area contributed by atoms with Crippen LogP contribution in [0.2, 0.25) is 0 Å². The van der Waals surface area contributed by atoms with Crippen LogP contribution in [-0.4, -0.2) is 28.1 Å². The van der Waals surface area contributed by atoms with Gasteiger partial charge in [-0.2, -0.15) is 0 Å². The van der Waals surface area contributed by atoms with Crippen molar-refractivity contribution in [2.24, 2.45) is 0 Å². The van der Waals surface area contributed by atoms with Crippen molar-refractivity contribution in [3.63, 3.8) is 0 Å². The van der Waals surface area contributed by atoms with Crippen LogP contribution in [0, 0.1) is 0 Å². The second-order valence-electron chi connectivity index (χ2n) is 1.43. The lowest BCUT2D eigenvalue weighted by molar-refractivity contribution is -0.146. The van der Waals surface area contributed by atoms with Crippen LogP contribution in [0.25, 0.3) is 0 Å². The molecule has 0 spiro atoms. The number of esters is 1. The van der Waals surface area contributed by atoms with E-state index in [0.717, 1.165) is 0 Å². The first-order valence-electron chi connectivity index (χ1n) is 2.29. The molecule has 0 aliphatic heterocycles. The molecule has 0 unspecified atom stereocenters. The van der Waals surface area contributed by atoms with E-state index in [2.05, 4.69) is 4.74 Å². The third-order valence-electron chi connectivity index (χ3n) is 0.526. The molecule has 0 aromatic carbocycles. The smallest absolute Gasteiger partial charge is 0.331 e. The van der Waals surface area contributed by atoms with E-state index >= 15 is 0 Å². The summed E-state index contributed by atoms with van der Waals surface area (Å²) in [5.74, 6) is -0.814. The minimum Gasteiger partial charge on any atom is -0.459 e. The summed E-state index contributed by atoms with van der Waals surface area (Å²) in [7, 11) is 0. The van der Waals surface area contributed by atoms with Gasteiger partial charge in [-0.25, -0.2) is 4.79 Å². The highest BCUT2D eigenvalue weighted by atomic mass is 35.6. The molecule has 0 atom stereocenters. The standard InChI is InChI=1S/C4H5Cl3O3/c5-4(6,7)2-10-3(9)1-8/h8H,1-2H2. The Morgan fingerprint density at radius 1 is 1.50 bits per heavy atom. The van der Waals surface area contributed by atoms with Gasteiger partial charge in [0.25, 0.3) is 0 Å². The number of alkyl halides is 3. The number of aliphatic hydroxyl groups excluding tert-OH is 1. The number of halogens is 3. The molecular weight excluding hydrogens is 202 g/mol.